The molecule has 0 saturated heterocycles. The van der Waals surface area contributed by atoms with Crippen LogP contribution in [0, 0.1) is 5.92 Å². The summed E-state index contributed by atoms with van der Waals surface area (Å²) in [6, 6.07) is 0. The zero-order chi connectivity index (χ0) is 11.4. The van der Waals surface area contributed by atoms with E-state index in [-0.39, 0.29) is 24.0 Å². The molecule has 6 heteroatoms. The highest BCUT2D eigenvalue weighted by molar-refractivity contribution is 14.0. The van der Waals surface area contributed by atoms with Gasteiger partial charge < -0.3 is 15.6 Å². The number of guanidine groups is 1. The van der Waals surface area contributed by atoms with Gasteiger partial charge in [-0.3, -0.25) is 0 Å². The smallest absolute Gasteiger partial charge is 0.189 e. The molecule has 0 spiro atoms. The van der Waals surface area contributed by atoms with Gasteiger partial charge in [0.25, 0.3) is 0 Å². The minimum absolute atomic E-state index is 0. The van der Waals surface area contributed by atoms with Crippen molar-refractivity contribution in [2.45, 2.75) is 25.8 Å². The van der Waals surface area contributed by atoms with Crippen molar-refractivity contribution in [3.05, 3.63) is 18.2 Å². The van der Waals surface area contributed by atoms with Crippen LogP contribution in [-0.2, 0) is 13.6 Å². The number of aryl methyl sites for hydroxylation is 1. The zero-order valence-electron chi connectivity index (χ0n) is 10.1. The molecule has 1 fully saturated rings. The lowest BCUT2D eigenvalue weighted by Crippen LogP contribution is -2.37. The first kappa shape index (κ1) is 14.3. The van der Waals surface area contributed by atoms with E-state index in [1.165, 1.54) is 19.3 Å². The summed E-state index contributed by atoms with van der Waals surface area (Å²) in [5.74, 6) is 2.24. The molecule has 1 aromatic rings. The van der Waals surface area contributed by atoms with Gasteiger partial charge in [0.2, 0.25) is 0 Å². The first-order chi connectivity index (χ1) is 7.75. The Hall–Kier alpha value is -0.790. The number of imidazole rings is 1. The maximum atomic E-state index is 5.77. The van der Waals surface area contributed by atoms with E-state index in [0.29, 0.717) is 12.5 Å². The van der Waals surface area contributed by atoms with Crippen molar-refractivity contribution in [2.75, 3.05) is 6.54 Å². The van der Waals surface area contributed by atoms with Crippen LogP contribution >= 0.6 is 24.0 Å². The number of nitrogens with zero attached hydrogens (tertiary/aromatic N) is 3. The van der Waals surface area contributed by atoms with Crippen LogP contribution in [0.4, 0.5) is 0 Å². The molecule has 0 atom stereocenters. The first-order valence-corrected chi connectivity index (χ1v) is 5.75. The highest BCUT2D eigenvalue weighted by Crippen LogP contribution is 2.24. The number of nitrogens with two attached hydrogens (primary N) is 1. The zero-order valence-corrected chi connectivity index (χ0v) is 12.4. The van der Waals surface area contributed by atoms with Crippen LogP contribution in [-0.4, -0.2) is 22.1 Å². The Morgan fingerprint density at radius 1 is 1.65 bits per heavy atom. The molecule has 5 nitrogen and oxygen atoms in total. The minimum atomic E-state index is 0. The summed E-state index contributed by atoms with van der Waals surface area (Å²) >= 11 is 0. The number of aromatic nitrogens is 2. The fourth-order valence-corrected chi connectivity index (χ4v) is 1.71. The third-order valence-corrected chi connectivity index (χ3v) is 3.11. The van der Waals surface area contributed by atoms with Gasteiger partial charge in [0.05, 0.1) is 0 Å². The van der Waals surface area contributed by atoms with Crippen molar-refractivity contribution in [1.82, 2.24) is 14.9 Å². The predicted octanol–water partition coefficient (Wildman–Crippen LogP) is 1.24. The molecule has 2 rings (SSSR count). The number of hydrogen-bond donors (Lipinski definition) is 2. The maximum absolute atomic E-state index is 5.77. The van der Waals surface area contributed by atoms with Gasteiger partial charge in [0, 0.05) is 26.0 Å². The second kappa shape index (κ2) is 6.83. The van der Waals surface area contributed by atoms with Crippen LogP contribution in [0.3, 0.4) is 0 Å². The van der Waals surface area contributed by atoms with Crippen LogP contribution in [0.5, 0.6) is 0 Å². The minimum Gasteiger partial charge on any atom is -0.370 e. The van der Waals surface area contributed by atoms with Crippen molar-refractivity contribution in [1.29, 1.82) is 0 Å². The van der Waals surface area contributed by atoms with Crippen molar-refractivity contribution < 1.29 is 0 Å². The highest BCUT2D eigenvalue weighted by Gasteiger charge is 2.16. The topological polar surface area (TPSA) is 68.2 Å². The first-order valence-electron chi connectivity index (χ1n) is 5.75. The molecule has 1 saturated carbocycles. The van der Waals surface area contributed by atoms with E-state index in [0.717, 1.165) is 18.3 Å². The summed E-state index contributed by atoms with van der Waals surface area (Å²) in [5, 5.41) is 3.16. The van der Waals surface area contributed by atoms with E-state index in [2.05, 4.69) is 15.3 Å². The molecule has 96 valence electrons. The lowest BCUT2D eigenvalue weighted by atomic mass is 9.85. The van der Waals surface area contributed by atoms with Crippen LogP contribution in [0.1, 0.15) is 25.1 Å². The lowest BCUT2D eigenvalue weighted by molar-refractivity contribution is 0.315. The van der Waals surface area contributed by atoms with Crippen molar-refractivity contribution in [3.8, 4) is 0 Å². The molecule has 0 aliphatic heterocycles. The van der Waals surface area contributed by atoms with Gasteiger partial charge in [-0.2, -0.15) is 0 Å². The average Bonchev–Trinajstić information content (AvgIpc) is 2.59. The Labute approximate surface area is 119 Å². The fraction of sp³-hybridized carbons (Fsp3) is 0.636. The molecular formula is C11H20IN5. The van der Waals surface area contributed by atoms with E-state index >= 15 is 0 Å². The van der Waals surface area contributed by atoms with Crippen molar-refractivity contribution in [2.24, 2.45) is 23.7 Å². The standard InChI is InChI=1S/C11H19N5.HI/c1-16-6-5-13-10(16)8-15-11(12)14-7-9-3-2-4-9;/h5-6,9H,2-4,7-8H2,1H3,(H3,12,14,15);1H. The second-order valence-electron chi connectivity index (χ2n) is 4.33. The summed E-state index contributed by atoms with van der Waals surface area (Å²) < 4.78 is 1.95. The van der Waals surface area contributed by atoms with Crippen LogP contribution in [0.25, 0.3) is 0 Å². The molecule has 0 amide bonds. The molecule has 0 aromatic carbocycles. The van der Waals surface area contributed by atoms with Gasteiger partial charge >= 0.3 is 0 Å². The molecule has 1 aromatic heterocycles. The molecule has 0 bridgehead atoms. The molecule has 1 aliphatic rings. The summed E-state index contributed by atoms with van der Waals surface area (Å²) in [4.78, 5) is 8.44. The molecule has 0 unspecified atom stereocenters. The van der Waals surface area contributed by atoms with Crippen LogP contribution in [0.2, 0.25) is 0 Å². The Kier molecular flexibility index (Phi) is 5.73. The summed E-state index contributed by atoms with van der Waals surface area (Å²) in [6.07, 6.45) is 7.67. The number of hydrogen-bond acceptors (Lipinski definition) is 2. The fourth-order valence-electron chi connectivity index (χ4n) is 1.71. The number of rotatable bonds is 4. The summed E-state index contributed by atoms with van der Waals surface area (Å²) in [6.45, 7) is 1.49. The van der Waals surface area contributed by atoms with E-state index in [1.54, 1.807) is 6.20 Å². The molecule has 0 radical (unpaired) electrons. The Morgan fingerprint density at radius 3 is 2.94 bits per heavy atom. The average molecular weight is 349 g/mol. The van der Waals surface area contributed by atoms with Gasteiger partial charge in [-0.05, 0) is 18.8 Å². The van der Waals surface area contributed by atoms with Gasteiger partial charge in [0.1, 0.15) is 12.4 Å². The largest absolute Gasteiger partial charge is 0.370 e. The third kappa shape index (κ3) is 4.18. The van der Waals surface area contributed by atoms with Crippen molar-refractivity contribution >= 4 is 29.9 Å². The Morgan fingerprint density at radius 2 is 2.41 bits per heavy atom. The van der Waals surface area contributed by atoms with Crippen LogP contribution in [0.15, 0.2) is 17.4 Å². The molecule has 3 N–H and O–H groups in total. The summed E-state index contributed by atoms with van der Waals surface area (Å²) in [7, 11) is 1.95. The third-order valence-electron chi connectivity index (χ3n) is 3.11. The Balaban J connectivity index is 0.00000144. The van der Waals surface area contributed by atoms with E-state index in [1.807, 2.05) is 17.8 Å². The normalized spacial score (nSPS) is 16.2. The predicted molar refractivity (Wildman–Crippen MR) is 79.3 cm³/mol. The number of aliphatic imine (C=N–C) groups is 1. The molecular weight excluding hydrogens is 329 g/mol. The van der Waals surface area contributed by atoms with Gasteiger partial charge in [-0.15, -0.1) is 24.0 Å². The summed E-state index contributed by atoms with van der Waals surface area (Å²) in [5.41, 5.74) is 5.77. The lowest BCUT2D eigenvalue weighted by Gasteiger charge is -2.25. The monoisotopic (exact) mass is 349 g/mol. The van der Waals surface area contributed by atoms with E-state index < -0.39 is 0 Å². The van der Waals surface area contributed by atoms with Crippen LogP contribution < -0.4 is 11.1 Å². The number of nitrogens with one attached hydrogen (secondary N) is 1. The highest BCUT2D eigenvalue weighted by atomic mass is 127. The van der Waals surface area contributed by atoms with Gasteiger partial charge in [-0.1, -0.05) is 6.42 Å². The van der Waals surface area contributed by atoms with Crippen molar-refractivity contribution in [3.63, 3.8) is 0 Å². The Bertz CT molecular complexity index is 370. The SMILES string of the molecule is Cn1ccnc1CN=C(N)NCC1CCC1.I. The van der Waals surface area contributed by atoms with Gasteiger partial charge in [-0.25, -0.2) is 9.98 Å². The van der Waals surface area contributed by atoms with Gasteiger partial charge in [0.15, 0.2) is 5.96 Å². The molecule has 17 heavy (non-hydrogen) atoms. The maximum Gasteiger partial charge on any atom is 0.189 e. The number of halogens is 1. The quantitative estimate of drug-likeness (QED) is 0.488. The molecule has 1 heterocycles. The second-order valence-corrected chi connectivity index (χ2v) is 4.33. The van der Waals surface area contributed by atoms with E-state index in [9.17, 15) is 0 Å². The molecule has 1 aliphatic carbocycles. The van der Waals surface area contributed by atoms with E-state index in [4.69, 9.17) is 5.73 Å².